The number of aliphatic imine (C=N–C) groups is 1. The zero-order valence-electron chi connectivity index (χ0n) is 20.8. The summed E-state index contributed by atoms with van der Waals surface area (Å²) in [5.41, 5.74) is 3.32. The molecule has 6 nitrogen and oxygen atoms in total. The molecule has 0 aliphatic carbocycles. The number of anilines is 1. The summed E-state index contributed by atoms with van der Waals surface area (Å²) in [4.78, 5) is 28.9. The Morgan fingerprint density at radius 3 is 2.37 bits per heavy atom. The summed E-state index contributed by atoms with van der Waals surface area (Å²) in [6.45, 7) is 2.26. The number of carboxylic acids is 1. The van der Waals surface area contributed by atoms with Crippen LogP contribution in [0.1, 0.15) is 36.0 Å². The van der Waals surface area contributed by atoms with Crippen LogP contribution in [-0.2, 0) is 16.2 Å². The smallest absolute Gasteiger partial charge is 0.310 e. The summed E-state index contributed by atoms with van der Waals surface area (Å²) in [5, 5.41) is 15.1. The first-order valence-corrected chi connectivity index (χ1v) is 13.1. The average Bonchev–Trinajstić information content (AvgIpc) is 3.27. The van der Waals surface area contributed by atoms with Crippen LogP contribution in [0.3, 0.4) is 0 Å². The number of hydrogen-bond acceptors (Lipinski definition) is 5. The number of aliphatic carboxylic acids is 1. The summed E-state index contributed by atoms with van der Waals surface area (Å²) in [6, 6.07) is 29.2. The van der Waals surface area contributed by atoms with Gasteiger partial charge in [0.25, 0.3) is 5.91 Å². The molecule has 1 unspecified atom stereocenters. The maximum Gasteiger partial charge on any atom is 0.310 e. The minimum atomic E-state index is -0.842. The van der Waals surface area contributed by atoms with Crippen molar-refractivity contribution in [2.24, 2.45) is 4.99 Å². The van der Waals surface area contributed by atoms with Crippen LogP contribution in [0.2, 0.25) is 0 Å². The second-order valence-electron chi connectivity index (χ2n) is 8.89. The van der Waals surface area contributed by atoms with Crippen molar-refractivity contribution in [1.29, 1.82) is 0 Å². The molecule has 0 spiro atoms. The van der Waals surface area contributed by atoms with E-state index in [2.05, 4.69) is 10.3 Å². The summed E-state index contributed by atoms with van der Waals surface area (Å²) in [7, 11) is 0. The maximum atomic E-state index is 12.8. The van der Waals surface area contributed by atoms with Gasteiger partial charge in [0.05, 0.1) is 10.8 Å². The second kappa shape index (κ2) is 11.4. The van der Waals surface area contributed by atoms with Gasteiger partial charge in [0.1, 0.15) is 12.4 Å². The van der Waals surface area contributed by atoms with Crippen molar-refractivity contribution in [3.63, 3.8) is 0 Å². The van der Waals surface area contributed by atoms with Crippen LogP contribution in [0.25, 0.3) is 16.8 Å². The molecule has 38 heavy (non-hydrogen) atoms. The Labute approximate surface area is 225 Å². The minimum absolute atomic E-state index is 0.326. The number of nitrogens with one attached hydrogen (secondary N) is 1. The topological polar surface area (TPSA) is 88.0 Å². The van der Waals surface area contributed by atoms with Crippen molar-refractivity contribution in [3.8, 4) is 5.75 Å². The van der Waals surface area contributed by atoms with E-state index < -0.39 is 11.9 Å². The van der Waals surface area contributed by atoms with Crippen molar-refractivity contribution in [2.45, 2.75) is 25.9 Å². The van der Waals surface area contributed by atoms with E-state index in [0.29, 0.717) is 28.9 Å². The highest BCUT2D eigenvalue weighted by molar-refractivity contribution is 8.18. The van der Waals surface area contributed by atoms with Gasteiger partial charge < -0.3 is 15.2 Å². The Kier molecular flexibility index (Phi) is 7.56. The Morgan fingerprint density at radius 1 is 1.00 bits per heavy atom. The zero-order valence-corrected chi connectivity index (χ0v) is 21.6. The van der Waals surface area contributed by atoms with Crippen molar-refractivity contribution in [1.82, 2.24) is 0 Å². The molecule has 0 saturated carbocycles. The van der Waals surface area contributed by atoms with E-state index in [0.717, 1.165) is 33.2 Å². The Morgan fingerprint density at radius 2 is 1.68 bits per heavy atom. The number of hydrogen-bond donors (Lipinski definition) is 2. The lowest BCUT2D eigenvalue weighted by molar-refractivity contribution is -0.138. The van der Waals surface area contributed by atoms with Crippen molar-refractivity contribution < 1.29 is 19.4 Å². The summed E-state index contributed by atoms with van der Waals surface area (Å²) >= 11 is 1.26. The number of benzene rings is 4. The highest BCUT2D eigenvalue weighted by Crippen LogP contribution is 2.34. The van der Waals surface area contributed by atoms with Crippen LogP contribution in [0.4, 0.5) is 5.69 Å². The van der Waals surface area contributed by atoms with Crippen LogP contribution in [0.15, 0.2) is 101 Å². The van der Waals surface area contributed by atoms with Crippen LogP contribution in [0, 0.1) is 0 Å². The molecule has 0 radical (unpaired) electrons. The molecular formula is C31H26N2O4S. The van der Waals surface area contributed by atoms with E-state index in [1.54, 1.807) is 24.3 Å². The maximum absolute atomic E-state index is 12.8. The Hall–Kier alpha value is -4.36. The predicted octanol–water partition coefficient (Wildman–Crippen LogP) is 7.08. The van der Waals surface area contributed by atoms with Gasteiger partial charge in [-0.15, -0.1) is 0 Å². The quantitative estimate of drug-likeness (QED) is 0.241. The molecule has 5 rings (SSSR count). The molecular weight excluding hydrogens is 496 g/mol. The van der Waals surface area contributed by atoms with Gasteiger partial charge in [0.2, 0.25) is 0 Å². The van der Waals surface area contributed by atoms with Crippen LogP contribution >= 0.6 is 11.8 Å². The van der Waals surface area contributed by atoms with Crippen molar-refractivity contribution in [3.05, 3.63) is 113 Å². The highest BCUT2D eigenvalue weighted by Gasteiger charge is 2.23. The lowest BCUT2D eigenvalue weighted by Gasteiger charge is -2.12. The second-order valence-corrected chi connectivity index (χ2v) is 9.92. The number of amides is 1. The number of carbonyl (C=O) groups excluding carboxylic acids is 1. The number of ether oxygens (including phenoxy) is 1. The Bertz CT molecular complexity index is 1550. The van der Waals surface area contributed by atoms with E-state index >= 15 is 0 Å². The van der Waals surface area contributed by atoms with E-state index in [1.807, 2.05) is 79.7 Å². The average molecular weight is 523 g/mol. The molecule has 1 aliphatic heterocycles. The SMILES string of the molecule is CCC(C(=O)O)c1ccc(NC2=NC(=O)/C(=C\c3cc4ccccc4cc3OCc3ccccc3)S2)cc1. The van der Waals surface area contributed by atoms with Crippen molar-refractivity contribution >= 4 is 51.3 Å². The Balaban J connectivity index is 1.35. The van der Waals surface area contributed by atoms with Crippen LogP contribution in [-0.4, -0.2) is 22.2 Å². The number of carboxylic acid groups (broad SMARTS) is 1. The van der Waals surface area contributed by atoms with E-state index in [1.165, 1.54) is 11.8 Å². The van der Waals surface area contributed by atoms with Gasteiger partial charge in [-0.2, -0.15) is 4.99 Å². The van der Waals surface area contributed by atoms with E-state index in [-0.39, 0.29) is 5.91 Å². The largest absolute Gasteiger partial charge is 0.488 e. The third-order valence-corrected chi connectivity index (χ3v) is 7.19. The molecule has 190 valence electrons. The highest BCUT2D eigenvalue weighted by atomic mass is 32.2. The lowest BCUT2D eigenvalue weighted by atomic mass is 9.96. The van der Waals surface area contributed by atoms with Crippen LogP contribution < -0.4 is 10.1 Å². The molecule has 1 atom stereocenters. The third kappa shape index (κ3) is 5.79. The standard InChI is InChI=1S/C31H26N2O4S/c1-2-26(30(35)36)21-12-14-25(15-13-21)32-31-33-29(34)28(38-31)18-24-16-22-10-6-7-11-23(22)17-27(24)37-19-20-8-4-3-5-9-20/h3-18,26H,2,19H2,1H3,(H,35,36)(H,32,33,34)/b28-18+. The molecule has 4 aromatic carbocycles. The molecule has 0 bridgehead atoms. The summed E-state index contributed by atoms with van der Waals surface area (Å²) in [6.07, 6.45) is 2.33. The normalized spacial score (nSPS) is 14.9. The first kappa shape index (κ1) is 25.3. The van der Waals surface area contributed by atoms with Gasteiger partial charge in [-0.05, 0) is 70.4 Å². The van der Waals surface area contributed by atoms with E-state index in [9.17, 15) is 14.7 Å². The van der Waals surface area contributed by atoms with Gasteiger partial charge in [-0.1, -0.05) is 73.7 Å². The molecule has 0 fully saturated rings. The molecule has 7 heteroatoms. The number of carbonyl (C=O) groups is 2. The van der Waals surface area contributed by atoms with Crippen LogP contribution in [0.5, 0.6) is 5.75 Å². The van der Waals surface area contributed by atoms with E-state index in [4.69, 9.17) is 4.74 Å². The first-order chi connectivity index (χ1) is 18.5. The fourth-order valence-corrected chi connectivity index (χ4v) is 5.11. The number of thioether (sulfide) groups is 1. The predicted molar refractivity (Wildman–Crippen MR) is 153 cm³/mol. The fourth-order valence-electron chi connectivity index (χ4n) is 4.29. The van der Waals surface area contributed by atoms with Gasteiger partial charge >= 0.3 is 5.97 Å². The summed E-state index contributed by atoms with van der Waals surface area (Å²) in [5.74, 6) is -1.02. The molecule has 1 amide bonds. The molecule has 1 aliphatic rings. The number of amidine groups is 1. The third-order valence-electron chi connectivity index (χ3n) is 6.29. The van der Waals surface area contributed by atoms with Gasteiger partial charge in [-0.3, -0.25) is 9.59 Å². The summed E-state index contributed by atoms with van der Waals surface area (Å²) < 4.78 is 6.20. The lowest BCUT2D eigenvalue weighted by Crippen LogP contribution is -2.10. The number of fused-ring (bicyclic) bond motifs is 1. The van der Waals surface area contributed by atoms with Gasteiger partial charge in [-0.25, -0.2) is 0 Å². The van der Waals surface area contributed by atoms with Crippen molar-refractivity contribution in [2.75, 3.05) is 5.32 Å². The fraction of sp³-hybridized carbons (Fsp3) is 0.129. The molecule has 2 N–H and O–H groups in total. The van der Waals surface area contributed by atoms with Gasteiger partial charge in [0.15, 0.2) is 5.17 Å². The number of nitrogens with zero attached hydrogens (tertiary/aromatic N) is 1. The minimum Gasteiger partial charge on any atom is -0.488 e. The monoisotopic (exact) mass is 522 g/mol. The molecule has 0 aromatic heterocycles. The van der Waals surface area contributed by atoms with Gasteiger partial charge in [0, 0.05) is 11.3 Å². The number of rotatable bonds is 8. The molecule has 0 saturated heterocycles. The zero-order chi connectivity index (χ0) is 26.5. The molecule has 4 aromatic rings. The molecule has 1 heterocycles. The first-order valence-electron chi connectivity index (χ1n) is 12.3.